The molecule has 0 aromatic carbocycles. The first kappa shape index (κ1) is 21.2. The fourth-order valence-electron chi connectivity index (χ4n) is 3.65. The van der Waals surface area contributed by atoms with Crippen LogP contribution in [0.5, 0.6) is 0 Å². The minimum Gasteiger partial charge on any atom is -0.389 e. The standard InChI is InChI=1S/C21H31N3O3S/c1-4-10-27-13-15(25)11-24(9-8-14(2)3)12-18-22-20(26)19-16-6-5-7-17(16)28-21(19)23-18/h4,14-15,25H,1,5-13H2,2-3H3,(H,22,23,26). The molecular formula is C21H31N3O3S. The molecular weight excluding hydrogens is 374 g/mol. The quantitative estimate of drug-likeness (QED) is 0.444. The highest BCUT2D eigenvalue weighted by Crippen LogP contribution is 2.34. The number of aromatic amines is 1. The summed E-state index contributed by atoms with van der Waals surface area (Å²) in [6.45, 7) is 10.5. The lowest BCUT2D eigenvalue weighted by molar-refractivity contribution is 0.0232. The zero-order valence-electron chi connectivity index (χ0n) is 16.9. The van der Waals surface area contributed by atoms with Gasteiger partial charge in [0.15, 0.2) is 0 Å². The van der Waals surface area contributed by atoms with Crippen LogP contribution in [0.15, 0.2) is 17.4 Å². The van der Waals surface area contributed by atoms with E-state index in [-0.39, 0.29) is 12.2 Å². The van der Waals surface area contributed by atoms with Gasteiger partial charge in [0.2, 0.25) is 0 Å². The maximum Gasteiger partial charge on any atom is 0.259 e. The molecule has 0 fully saturated rings. The van der Waals surface area contributed by atoms with Gasteiger partial charge in [-0.15, -0.1) is 17.9 Å². The summed E-state index contributed by atoms with van der Waals surface area (Å²) in [5.74, 6) is 1.23. The van der Waals surface area contributed by atoms with Crippen LogP contribution in [0.4, 0.5) is 0 Å². The number of nitrogens with one attached hydrogen (secondary N) is 1. The van der Waals surface area contributed by atoms with Crippen molar-refractivity contribution in [3.63, 3.8) is 0 Å². The van der Waals surface area contributed by atoms with Crippen LogP contribution in [0, 0.1) is 5.92 Å². The van der Waals surface area contributed by atoms with Crippen LogP contribution in [0.1, 0.15) is 43.0 Å². The number of nitrogens with zero attached hydrogens (tertiary/aromatic N) is 2. The summed E-state index contributed by atoms with van der Waals surface area (Å²) in [6, 6.07) is 0. The van der Waals surface area contributed by atoms with E-state index >= 15 is 0 Å². The van der Waals surface area contributed by atoms with Crippen molar-refractivity contribution in [1.82, 2.24) is 14.9 Å². The number of fused-ring (bicyclic) bond motifs is 3. The highest BCUT2D eigenvalue weighted by molar-refractivity contribution is 7.18. The maximum atomic E-state index is 12.7. The van der Waals surface area contributed by atoms with Crippen molar-refractivity contribution in [3.8, 4) is 0 Å². The number of aliphatic hydroxyl groups excluding tert-OH is 1. The van der Waals surface area contributed by atoms with Crippen LogP contribution in [0.2, 0.25) is 0 Å². The van der Waals surface area contributed by atoms with Gasteiger partial charge in [-0.1, -0.05) is 19.9 Å². The fourth-order valence-corrected chi connectivity index (χ4v) is 4.93. The molecule has 2 heterocycles. The molecule has 1 aliphatic rings. The summed E-state index contributed by atoms with van der Waals surface area (Å²) in [6.07, 6.45) is 5.27. The topological polar surface area (TPSA) is 78.5 Å². The Morgan fingerprint density at radius 2 is 2.25 bits per heavy atom. The smallest absolute Gasteiger partial charge is 0.259 e. The number of H-pyrrole nitrogens is 1. The number of hydrogen-bond donors (Lipinski definition) is 2. The number of aromatic nitrogens is 2. The number of thiophene rings is 1. The second-order valence-corrected chi connectivity index (χ2v) is 9.03. The van der Waals surface area contributed by atoms with Gasteiger partial charge in [-0.3, -0.25) is 9.69 Å². The van der Waals surface area contributed by atoms with Crippen LogP contribution in [0.25, 0.3) is 10.2 Å². The highest BCUT2D eigenvalue weighted by atomic mass is 32.1. The number of hydrogen-bond acceptors (Lipinski definition) is 6. The molecule has 3 rings (SSSR count). The fraction of sp³-hybridized carbons (Fsp3) is 0.619. The Morgan fingerprint density at radius 1 is 1.43 bits per heavy atom. The summed E-state index contributed by atoms with van der Waals surface area (Å²) >= 11 is 1.66. The van der Waals surface area contributed by atoms with E-state index in [1.807, 2.05) is 0 Å². The molecule has 1 unspecified atom stereocenters. The van der Waals surface area contributed by atoms with E-state index < -0.39 is 6.10 Å². The Morgan fingerprint density at radius 3 is 3.00 bits per heavy atom. The van der Waals surface area contributed by atoms with E-state index in [4.69, 9.17) is 9.72 Å². The zero-order chi connectivity index (χ0) is 20.1. The maximum absolute atomic E-state index is 12.7. The molecule has 0 bridgehead atoms. The van der Waals surface area contributed by atoms with Gasteiger partial charge in [0, 0.05) is 11.4 Å². The van der Waals surface area contributed by atoms with Crippen molar-refractivity contribution in [3.05, 3.63) is 39.3 Å². The Kier molecular flexibility index (Phi) is 7.40. The van der Waals surface area contributed by atoms with Gasteiger partial charge >= 0.3 is 0 Å². The van der Waals surface area contributed by atoms with Crippen molar-refractivity contribution in [2.24, 2.45) is 5.92 Å². The number of ether oxygens (including phenoxy) is 1. The van der Waals surface area contributed by atoms with Crippen LogP contribution in [0.3, 0.4) is 0 Å². The predicted octanol–water partition coefficient (Wildman–Crippen LogP) is 2.88. The summed E-state index contributed by atoms with van der Waals surface area (Å²) in [5, 5.41) is 11.1. The molecule has 28 heavy (non-hydrogen) atoms. The Labute approximate surface area is 170 Å². The molecule has 7 heteroatoms. The molecule has 2 N–H and O–H groups in total. The number of aryl methyl sites for hydroxylation is 2. The Balaban J connectivity index is 1.73. The molecule has 1 atom stereocenters. The van der Waals surface area contributed by atoms with Crippen LogP contribution < -0.4 is 5.56 Å². The molecule has 0 amide bonds. The van der Waals surface area contributed by atoms with Crippen LogP contribution >= 0.6 is 11.3 Å². The third-order valence-corrected chi connectivity index (χ3v) is 6.22. The minimum absolute atomic E-state index is 0.0296. The lowest BCUT2D eigenvalue weighted by Gasteiger charge is -2.25. The van der Waals surface area contributed by atoms with Crippen molar-refractivity contribution in [2.45, 2.75) is 52.2 Å². The molecule has 1 aliphatic carbocycles. The summed E-state index contributed by atoms with van der Waals surface area (Å²) in [5.41, 5.74) is 1.17. The molecule has 0 spiro atoms. The van der Waals surface area contributed by atoms with Crippen LogP contribution in [-0.4, -0.2) is 52.4 Å². The predicted molar refractivity (Wildman–Crippen MR) is 114 cm³/mol. The molecule has 2 aromatic heterocycles. The largest absolute Gasteiger partial charge is 0.389 e. The lowest BCUT2D eigenvalue weighted by Crippen LogP contribution is -2.36. The lowest BCUT2D eigenvalue weighted by atomic mass is 10.1. The second kappa shape index (κ2) is 9.78. The van der Waals surface area contributed by atoms with Gasteiger partial charge in [0.05, 0.1) is 31.2 Å². The normalized spacial score (nSPS) is 14.9. The van der Waals surface area contributed by atoms with E-state index in [0.29, 0.717) is 31.4 Å². The average Bonchev–Trinajstić information content (AvgIpc) is 3.20. The Bertz CT molecular complexity index is 858. The first-order chi connectivity index (χ1) is 13.5. The van der Waals surface area contributed by atoms with Gasteiger partial charge in [-0.05, 0) is 43.7 Å². The van der Waals surface area contributed by atoms with E-state index in [1.165, 1.54) is 10.4 Å². The third-order valence-electron chi connectivity index (χ3n) is 5.04. The van der Waals surface area contributed by atoms with E-state index in [0.717, 1.165) is 42.4 Å². The third kappa shape index (κ3) is 5.29. The van der Waals surface area contributed by atoms with Gasteiger partial charge in [-0.2, -0.15) is 0 Å². The molecule has 6 nitrogen and oxygen atoms in total. The number of rotatable bonds is 11. The molecule has 0 saturated carbocycles. The van der Waals surface area contributed by atoms with Gasteiger partial charge in [0.1, 0.15) is 10.7 Å². The molecule has 2 aromatic rings. The van der Waals surface area contributed by atoms with Crippen molar-refractivity contribution < 1.29 is 9.84 Å². The second-order valence-electron chi connectivity index (χ2n) is 7.95. The molecule has 0 aliphatic heterocycles. The van der Waals surface area contributed by atoms with Crippen LogP contribution in [-0.2, 0) is 24.1 Å². The molecule has 0 saturated heterocycles. The molecule has 154 valence electrons. The van der Waals surface area contributed by atoms with Gasteiger partial charge in [-0.25, -0.2) is 4.98 Å². The average molecular weight is 406 g/mol. The highest BCUT2D eigenvalue weighted by Gasteiger charge is 2.22. The summed E-state index contributed by atoms with van der Waals surface area (Å²) in [7, 11) is 0. The first-order valence-corrected chi connectivity index (χ1v) is 10.9. The van der Waals surface area contributed by atoms with Crippen molar-refractivity contribution >= 4 is 21.6 Å². The van der Waals surface area contributed by atoms with Gasteiger partial charge in [0.25, 0.3) is 5.56 Å². The first-order valence-electron chi connectivity index (χ1n) is 10.1. The molecule has 0 radical (unpaired) electrons. The van der Waals surface area contributed by atoms with Gasteiger partial charge < -0.3 is 14.8 Å². The minimum atomic E-state index is -0.590. The van der Waals surface area contributed by atoms with E-state index in [9.17, 15) is 9.90 Å². The summed E-state index contributed by atoms with van der Waals surface area (Å²) < 4.78 is 5.37. The summed E-state index contributed by atoms with van der Waals surface area (Å²) in [4.78, 5) is 24.7. The van der Waals surface area contributed by atoms with Crippen molar-refractivity contribution in [2.75, 3.05) is 26.3 Å². The zero-order valence-corrected chi connectivity index (χ0v) is 17.7. The van der Waals surface area contributed by atoms with Crippen molar-refractivity contribution in [1.29, 1.82) is 0 Å². The SMILES string of the molecule is C=CCOCC(O)CN(CCC(C)C)Cc1nc2sc3c(c2c(=O)[nH]1)CCC3. The Hall–Kier alpha value is -1.54. The number of aliphatic hydroxyl groups is 1. The van der Waals surface area contributed by atoms with E-state index in [1.54, 1.807) is 17.4 Å². The van der Waals surface area contributed by atoms with E-state index in [2.05, 4.69) is 30.3 Å². The monoisotopic (exact) mass is 405 g/mol.